The molecule has 5 heteroatoms. The van der Waals surface area contributed by atoms with Crippen LogP contribution < -0.4 is 10.6 Å². The van der Waals surface area contributed by atoms with E-state index in [1.54, 1.807) is 0 Å². The number of aryl methyl sites for hydroxylation is 2. The van der Waals surface area contributed by atoms with Crippen LogP contribution in [-0.4, -0.2) is 12.5 Å². The summed E-state index contributed by atoms with van der Waals surface area (Å²) in [6.07, 6.45) is 0. The molecule has 0 aliphatic carbocycles. The summed E-state index contributed by atoms with van der Waals surface area (Å²) < 4.78 is 0. The lowest BCUT2D eigenvalue weighted by molar-refractivity contribution is 0.822. The van der Waals surface area contributed by atoms with E-state index in [1.165, 1.54) is 20.9 Å². The molecule has 0 bridgehead atoms. The first-order chi connectivity index (χ1) is 10.2. The summed E-state index contributed by atoms with van der Waals surface area (Å²) >= 11 is 1.82. The summed E-state index contributed by atoms with van der Waals surface area (Å²) in [6.45, 7) is 8.72. The Hall–Kier alpha value is -1.08. The third-order valence-corrected chi connectivity index (χ3v) is 4.24. The maximum absolute atomic E-state index is 4.67. The van der Waals surface area contributed by atoms with Gasteiger partial charge in [0.2, 0.25) is 0 Å². The first-order valence-electron chi connectivity index (χ1n) is 7.31. The van der Waals surface area contributed by atoms with Crippen molar-refractivity contribution in [2.24, 2.45) is 4.99 Å². The van der Waals surface area contributed by atoms with Crippen molar-refractivity contribution in [1.29, 1.82) is 0 Å². The van der Waals surface area contributed by atoms with Crippen molar-refractivity contribution in [1.82, 2.24) is 10.6 Å². The number of nitrogens with one attached hydrogen (secondary N) is 2. The minimum absolute atomic E-state index is 0. The maximum atomic E-state index is 4.67. The van der Waals surface area contributed by atoms with Gasteiger partial charge < -0.3 is 10.6 Å². The second kappa shape index (κ2) is 9.84. The zero-order valence-electron chi connectivity index (χ0n) is 13.3. The number of halogens is 1. The topological polar surface area (TPSA) is 36.4 Å². The third kappa shape index (κ3) is 5.96. The Morgan fingerprint density at radius 1 is 1.09 bits per heavy atom. The molecule has 0 spiro atoms. The summed E-state index contributed by atoms with van der Waals surface area (Å²) in [5, 5.41) is 6.68. The van der Waals surface area contributed by atoms with E-state index in [9.17, 15) is 0 Å². The van der Waals surface area contributed by atoms with Crippen LogP contribution in [0.1, 0.15) is 27.8 Å². The molecular weight excluding hydrogens is 405 g/mol. The molecule has 0 unspecified atom stereocenters. The number of aliphatic imine (C=N–C) groups is 1. The molecule has 2 rings (SSSR count). The number of hydrogen-bond acceptors (Lipinski definition) is 2. The molecular formula is C17H24IN3S. The second-order valence-corrected chi connectivity index (χ2v) is 6.36. The van der Waals surface area contributed by atoms with Crippen LogP contribution in [-0.2, 0) is 13.1 Å². The van der Waals surface area contributed by atoms with E-state index in [2.05, 4.69) is 72.8 Å². The number of thiophene rings is 1. The fourth-order valence-electron chi connectivity index (χ4n) is 2.04. The normalized spacial score (nSPS) is 11.0. The molecule has 1 heterocycles. The Morgan fingerprint density at radius 3 is 2.50 bits per heavy atom. The zero-order valence-corrected chi connectivity index (χ0v) is 16.5. The molecule has 2 N–H and O–H groups in total. The van der Waals surface area contributed by atoms with E-state index in [1.807, 2.05) is 11.3 Å². The molecule has 2 aromatic rings. The third-order valence-electron chi connectivity index (χ3n) is 3.24. The van der Waals surface area contributed by atoms with Gasteiger partial charge in [-0.05, 0) is 44.0 Å². The highest BCUT2D eigenvalue weighted by Gasteiger charge is 2.01. The average molecular weight is 429 g/mol. The highest BCUT2D eigenvalue weighted by Crippen LogP contribution is 2.14. The minimum atomic E-state index is 0. The monoisotopic (exact) mass is 429 g/mol. The van der Waals surface area contributed by atoms with Crippen LogP contribution in [0.3, 0.4) is 0 Å². The molecule has 3 nitrogen and oxygen atoms in total. The SMILES string of the molecule is CCNC(=NCc1ccccc1C)NCc1ccc(C)s1.I. The van der Waals surface area contributed by atoms with Crippen LogP contribution in [0.5, 0.6) is 0 Å². The summed E-state index contributed by atoms with van der Waals surface area (Å²) in [6, 6.07) is 12.7. The molecule has 0 atom stereocenters. The van der Waals surface area contributed by atoms with E-state index in [4.69, 9.17) is 0 Å². The lowest BCUT2D eigenvalue weighted by atomic mass is 10.1. The number of guanidine groups is 1. The molecule has 0 saturated carbocycles. The fraction of sp³-hybridized carbons (Fsp3) is 0.353. The first kappa shape index (κ1) is 19.0. The molecule has 0 saturated heterocycles. The lowest BCUT2D eigenvalue weighted by Gasteiger charge is -2.11. The van der Waals surface area contributed by atoms with Crippen LogP contribution in [0.15, 0.2) is 41.4 Å². The van der Waals surface area contributed by atoms with Crippen LogP contribution in [0, 0.1) is 13.8 Å². The van der Waals surface area contributed by atoms with Crippen molar-refractivity contribution in [3.63, 3.8) is 0 Å². The van der Waals surface area contributed by atoms with Gasteiger partial charge in [-0.1, -0.05) is 24.3 Å². The molecule has 1 aromatic heterocycles. The Labute approximate surface area is 154 Å². The van der Waals surface area contributed by atoms with Crippen molar-refractivity contribution in [3.8, 4) is 0 Å². The summed E-state index contributed by atoms with van der Waals surface area (Å²) in [5.74, 6) is 0.867. The molecule has 1 aromatic carbocycles. The van der Waals surface area contributed by atoms with Crippen molar-refractivity contribution < 1.29 is 0 Å². The van der Waals surface area contributed by atoms with Crippen molar-refractivity contribution in [3.05, 3.63) is 57.3 Å². The Morgan fingerprint density at radius 2 is 1.86 bits per heavy atom. The van der Waals surface area contributed by atoms with E-state index in [0.29, 0.717) is 6.54 Å². The van der Waals surface area contributed by atoms with Crippen molar-refractivity contribution in [2.45, 2.75) is 33.9 Å². The van der Waals surface area contributed by atoms with E-state index in [-0.39, 0.29) is 24.0 Å². The number of rotatable bonds is 5. The van der Waals surface area contributed by atoms with Crippen molar-refractivity contribution in [2.75, 3.05) is 6.54 Å². The average Bonchev–Trinajstić information content (AvgIpc) is 2.89. The van der Waals surface area contributed by atoms with E-state index >= 15 is 0 Å². The van der Waals surface area contributed by atoms with Gasteiger partial charge in [-0.25, -0.2) is 4.99 Å². The van der Waals surface area contributed by atoms with Gasteiger partial charge in [-0.2, -0.15) is 0 Å². The number of nitrogens with zero attached hydrogens (tertiary/aromatic N) is 1. The van der Waals surface area contributed by atoms with Crippen LogP contribution in [0.25, 0.3) is 0 Å². The van der Waals surface area contributed by atoms with Gasteiger partial charge in [0.05, 0.1) is 13.1 Å². The maximum Gasteiger partial charge on any atom is 0.191 e. The Bertz CT molecular complexity index is 607. The number of hydrogen-bond donors (Lipinski definition) is 2. The summed E-state index contributed by atoms with van der Waals surface area (Å²) in [4.78, 5) is 7.33. The Kier molecular flexibility index (Phi) is 8.48. The highest BCUT2D eigenvalue weighted by atomic mass is 127. The highest BCUT2D eigenvalue weighted by molar-refractivity contribution is 14.0. The van der Waals surface area contributed by atoms with Gasteiger partial charge in [0.15, 0.2) is 5.96 Å². The van der Waals surface area contributed by atoms with Crippen LogP contribution >= 0.6 is 35.3 Å². The minimum Gasteiger partial charge on any atom is -0.357 e. The van der Waals surface area contributed by atoms with Gasteiger partial charge >= 0.3 is 0 Å². The predicted molar refractivity (Wildman–Crippen MR) is 107 cm³/mol. The zero-order chi connectivity index (χ0) is 15.1. The summed E-state index contributed by atoms with van der Waals surface area (Å²) in [7, 11) is 0. The van der Waals surface area contributed by atoms with E-state index in [0.717, 1.165) is 19.0 Å². The fourth-order valence-corrected chi connectivity index (χ4v) is 2.87. The van der Waals surface area contributed by atoms with Gasteiger partial charge in [-0.3, -0.25) is 0 Å². The Balaban J connectivity index is 0.00000242. The van der Waals surface area contributed by atoms with E-state index < -0.39 is 0 Å². The second-order valence-electron chi connectivity index (χ2n) is 4.99. The molecule has 0 aliphatic heterocycles. The quantitative estimate of drug-likeness (QED) is 0.424. The molecule has 0 radical (unpaired) electrons. The predicted octanol–water partition coefficient (Wildman–Crippen LogP) is 4.24. The first-order valence-corrected chi connectivity index (χ1v) is 8.12. The molecule has 0 amide bonds. The van der Waals surface area contributed by atoms with Gasteiger partial charge in [0.25, 0.3) is 0 Å². The molecule has 22 heavy (non-hydrogen) atoms. The van der Waals surface area contributed by atoms with Gasteiger partial charge in [0.1, 0.15) is 0 Å². The van der Waals surface area contributed by atoms with Crippen LogP contribution in [0.4, 0.5) is 0 Å². The smallest absolute Gasteiger partial charge is 0.191 e. The number of benzene rings is 1. The van der Waals surface area contributed by atoms with Gasteiger partial charge in [0, 0.05) is 16.3 Å². The summed E-state index contributed by atoms with van der Waals surface area (Å²) in [5.41, 5.74) is 2.55. The lowest BCUT2D eigenvalue weighted by Crippen LogP contribution is -2.36. The largest absolute Gasteiger partial charge is 0.357 e. The van der Waals surface area contributed by atoms with Crippen LogP contribution in [0.2, 0.25) is 0 Å². The standard InChI is InChI=1S/C17H23N3S.HI/c1-4-18-17(20-12-16-10-9-14(3)21-16)19-11-15-8-6-5-7-13(15)2;/h5-10H,4,11-12H2,1-3H3,(H2,18,19,20);1H. The molecule has 0 aliphatic rings. The van der Waals surface area contributed by atoms with Gasteiger partial charge in [-0.15, -0.1) is 35.3 Å². The van der Waals surface area contributed by atoms with Crippen molar-refractivity contribution >= 4 is 41.3 Å². The molecule has 0 fully saturated rings. The molecule has 120 valence electrons.